The molecule has 1 heteroatoms. The topological polar surface area (TPSA) is 0 Å². The Hall–Kier alpha value is 1.10. The summed E-state index contributed by atoms with van der Waals surface area (Å²) in [6.07, 6.45) is 1.06. The Bertz CT molecular complexity index is 17.9. The van der Waals surface area contributed by atoms with Crippen LogP contribution >= 0.6 is 0 Å². The van der Waals surface area contributed by atoms with Crippen molar-refractivity contribution in [2.45, 2.75) is 20.3 Å². The Labute approximate surface area is 65.6 Å². The van der Waals surface area contributed by atoms with Crippen LogP contribution in [-0.4, -0.2) is 0 Å². The summed E-state index contributed by atoms with van der Waals surface area (Å²) in [4.78, 5) is 0. The summed E-state index contributed by atoms with van der Waals surface area (Å²) in [5.74, 6) is 0.773. The first-order chi connectivity index (χ1) is 2.27. The molecule has 0 spiro atoms. The standard InChI is InChI=1S/C5H11.Y/c1-4-5(2)3;/h5H,1,4H2,2-3H3;/q-1;. The zero-order chi connectivity index (χ0) is 4.28. The maximum absolute atomic E-state index is 3.69. The fourth-order valence-corrected chi connectivity index (χ4v) is 0. The first-order valence-corrected chi connectivity index (χ1v) is 2.06. The van der Waals surface area contributed by atoms with E-state index in [0.29, 0.717) is 0 Å². The second-order valence-electron chi connectivity index (χ2n) is 1.68. The largest absolute Gasteiger partial charge is 0.343 e. The molecule has 0 saturated heterocycles. The average molecular weight is 160 g/mol. The van der Waals surface area contributed by atoms with Crippen LogP contribution in [0, 0.1) is 12.8 Å². The predicted octanol–water partition coefficient (Wildman–Crippen LogP) is 1.86. The molecule has 6 heavy (non-hydrogen) atoms. The Morgan fingerprint density at radius 1 is 1.50 bits per heavy atom. The van der Waals surface area contributed by atoms with E-state index in [4.69, 9.17) is 0 Å². The van der Waals surface area contributed by atoms with Gasteiger partial charge in [-0.3, -0.25) is 0 Å². The minimum absolute atomic E-state index is 0. The van der Waals surface area contributed by atoms with Gasteiger partial charge >= 0.3 is 0 Å². The van der Waals surface area contributed by atoms with Gasteiger partial charge in [0.05, 0.1) is 0 Å². The van der Waals surface area contributed by atoms with E-state index in [9.17, 15) is 0 Å². The summed E-state index contributed by atoms with van der Waals surface area (Å²) in [7, 11) is 0. The molecule has 0 unspecified atom stereocenters. The van der Waals surface area contributed by atoms with E-state index < -0.39 is 0 Å². The fraction of sp³-hybridized carbons (Fsp3) is 0.800. The summed E-state index contributed by atoms with van der Waals surface area (Å²) in [6, 6.07) is 0. The first kappa shape index (κ1) is 10.2. The molecule has 0 fully saturated rings. The zero-order valence-electron chi connectivity index (χ0n) is 4.57. The second kappa shape index (κ2) is 6.10. The molecular weight excluding hydrogens is 149 g/mol. The monoisotopic (exact) mass is 160 g/mol. The molecule has 0 heterocycles. The van der Waals surface area contributed by atoms with Gasteiger partial charge in [0.1, 0.15) is 0 Å². The minimum atomic E-state index is 0. The second-order valence-corrected chi connectivity index (χ2v) is 1.68. The van der Waals surface area contributed by atoms with Crippen molar-refractivity contribution < 1.29 is 32.7 Å². The minimum Gasteiger partial charge on any atom is -0.343 e. The molecule has 0 aromatic heterocycles. The van der Waals surface area contributed by atoms with Crippen molar-refractivity contribution in [1.82, 2.24) is 0 Å². The van der Waals surface area contributed by atoms with Crippen molar-refractivity contribution in [3.63, 3.8) is 0 Å². The molecular formula is C5H11Y-. The summed E-state index contributed by atoms with van der Waals surface area (Å²) < 4.78 is 0. The number of hydrogen-bond donors (Lipinski definition) is 0. The Balaban J connectivity index is 0. The number of rotatable bonds is 1. The first-order valence-electron chi connectivity index (χ1n) is 2.06. The van der Waals surface area contributed by atoms with Crippen LogP contribution in [0.2, 0.25) is 0 Å². The van der Waals surface area contributed by atoms with E-state index in [1.807, 2.05) is 0 Å². The van der Waals surface area contributed by atoms with Crippen molar-refractivity contribution in [3.05, 3.63) is 6.92 Å². The van der Waals surface area contributed by atoms with Crippen molar-refractivity contribution in [2.24, 2.45) is 5.92 Å². The van der Waals surface area contributed by atoms with Gasteiger partial charge in [0.15, 0.2) is 0 Å². The molecule has 0 aliphatic carbocycles. The average Bonchev–Trinajstić information content (AvgIpc) is 1.38. The van der Waals surface area contributed by atoms with Crippen LogP contribution in [0.5, 0.6) is 0 Å². The molecule has 0 N–H and O–H groups in total. The van der Waals surface area contributed by atoms with Crippen LogP contribution in [0.25, 0.3) is 0 Å². The molecule has 0 aliphatic heterocycles. The van der Waals surface area contributed by atoms with Gasteiger partial charge in [0.25, 0.3) is 0 Å². The summed E-state index contributed by atoms with van der Waals surface area (Å²) >= 11 is 0. The molecule has 0 aromatic rings. The SMILES string of the molecule is [CH2-]CC(C)C.[Y]. The van der Waals surface area contributed by atoms with Gasteiger partial charge in [0, 0.05) is 32.7 Å². The molecule has 0 amide bonds. The molecule has 0 nitrogen and oxygen atoms in total. The van der Waals surface area contributed by atoms with Crippen molar-refractivity contribution in [2.75, 3.05) is 0 Å². The van der Waals surface area contributed by atoms with Gasteiger partial charge < -0.3 is 6.92 Å². The smallest absolute Gasteiger partial charge is 0 e. The third kappa shape index (κ3) is 8.92. The molecule has 35 valence electrons. The van der Waals surface area contributed by atoms with Crippen LogP contribution in [0.4, 0.5) is 0 Å². The third-order valence-corrected chi connectivity index (χ3v) is 0.577. The van der Waals surface area contributed by atoms with Gasteiger partial charge in [-0.1, -0.05) is 19.8 Å². The van der Waals surface area contributed by atoms with Crippen molar-refractivity contribution in [1.29, 1.82) is 0 Å². The Kier molecular flexibility index (Phi) is 10.3. The van der Waals surface area contributed by atoms with Crippen molar-refractivity contribution in [3.8, 4) is 0 Å². The van der Waals surface area contributed by atoms with Crippen LogP contribution in [-0.2, 0) is 32.7 Å². The number of hydrogen-bond acceptors (Lipinski definition) is 0. The van der Waals surface area contributed by atoms with E-state index in [2.05, 4.69) is 20.8 Å². The predicted molar refractivity (Wildman–Crippen MR) is 24.8 cm³/mol. The Morgan fingerprint density at radius 3 is 1.67 bits per heavy atom. The quantitative estimate of drug-likeness (QED) is 0.513. The molecule has 0 aromatic carbocycles. The molecule has 0 aliphatic rings. The van der Waals surface area contributed by atoms with Gasteiger partial charge in [-0.05, 0) is 0 Å². The van der Waals surface area contributed by atoms with Crippen LogP contribution in [0.15, 0.2) is 0 Å². The molecule has 0 bridgehead atoms. The van der Waals surface area contributed by atoms with Gasteiger partial charge in [-0.25, -0.2) is 0 Å². The van der Waals surface area contributed by atoms with Crippen LogP contribution < -0.4 is 0 Å². The fourth-order valence-electron chi connectivity index (χ4n) is 0. The molecule has 0 atom stereocenters. The Morgan fingerprint density at radius 2 is 1.67 bits per heavy atom. The summed E-state index contributed by atoms with van der Waals surface area (Å²) in [5, 5.41) is 0. The summed E-state index contributed by atoms with van der Waals surface area (Å²) in [6.45, 7) is 8.00. The van der Waals surface area contributed by atoms with Crippen LogP contribution in [0.3, 0.4) is 0 Å². The van der Waals surface area contributed by atoms with Gasteiger partial charge in [-0.15, -0.1) is 0 Å². The van der Waals surface area contributed by atoms with E-state index in [-0.39, 0.29) is 32.7 Å². The van der Waals surface area contributed by atoms with E-state index in [0.717, 1.165) is 12.3 Å². The van der Waals surface area contributed by atoms with E-state index in [1.165, 1.54) is 0 Å². The molecule has 0 rings (SSSR count). The van der Waals surface area contributed by atoms with E-state index in [1.54, 1.807) is 0 Å². The maximum Gasteiger partial charge on any atom is 0 e. The maximum atomic E-state index is 3.69. The van der Waals surface area contributed by atoms with Gasteiger partial charge in [-0.2, -0.15) is 6.42 Å². The van der Waals surface area contributed by atoms with Gasteiger partial charge in [0.2, 0.25) is 0 Å². The third-order valence-electron chi connectivity index (χ3n) is 0.577. The van der Waals surface area contributed by atoms with Crippen molar-refractivity contribution >= 4 is 0 Å². The van der Waals surface area contributed by atoms with E-state index >= 15 is 0 Å². The zero-order valence-corrected chi connectivity index (χ0v) is 7.41. The normalized spacial score (nSPS) is 8.00. The summed E-state index contributed by atoms with van der Waals surface area (Å²) in [5.41, 5.74) is 0. The molecule has 0 saturated carbocycles. The molecule has 1 radical (unpaired) electrons. The van der Waals surface area contributed by atoms with Crippen LogP contribution in [0.1, 0.15) is 20.3 Å².